The van der Waals surface area contributed by atoms with Crippen molar-refractivity contribution in [2.75, 3.05) is 0 Å². The lowest BCUT2D eigenvalue weighted by Gasteiger charge is -1.62. The maximum atomic E-state index is 5.42. The monoisotopic (exact) mass is 101 g/mol. The van der Waals surface area contributed by atoms with Crippen LogP contribution in [0.2, 0.25) is 5.02 Å². The molecule has 0 aliphatic heterocycles. The highest BCUT2D eigenvalue weighted by Crippen LogP contribution is 2.01. The maximum Gasteiger partial charge on any atom is 0.0580 e. The van der Waals surface area contributed by atoms with Crippen molar-refractivity contribution in [3.05, 3.63) is 23.5 Å². The number of aromatic nitrogens is 1. The first-order valence-corrected chi connectivity index (χ1v) is 2.05. The van der Waals surface area contributed by atoms with Crippen molar-refractivity contribution in [2.24, 2.45) is 0 Å². The summed E-state index contributed by atoms with van der Waals surface area (Å²) in [5.41, 5.74) is 0. The zero-order chi connectivity index (χ0) is 4.41. The Kier molecular flexibility index (Phi) is 0.843. The number of aromatic amines is 1. The summed E-state index contributed by atoms with van der Waals surface area (Å²) in [7, 11) is 0. The molecule has 0 aliphatic carbocycles. The van der Waals surface area contributed by atoms with Crippen molar-refractivity contribution in [3.63, 3.8) is 0 Å². The van der Waals surface area contributed by atoms with Gasteiger partial charge in [0.05, 0.1) is 5.02 Å². The molecule has 0 spiro atoms. The molecule has 0 fully saturated rings. The Bertz CT molecular complexity index is 111. The normalized spacial score (nSPS) is 8.83. The summed E-state index contributed by atoms with van der Waals surface area (Å²) in [6, 6.07) is 1.79. The predicted molar refractivity (Wildman–Crippen MR) is 25.8 cm³/mol. The van der Waals surface area contributed by atoms with E-state index in [-0.39, 0.29) is 0 Å². The van der Waals surface area contributed by atoms with Crippen LogP contribution >= 0.6 is 11.6 Å². The molecule has 0 radical (unpaired) electrons. The molecule has 0 aromatic carbocycles. The van der Waals surface area contributed by atoms with E-state index in [1.54, 1.807) is 18.5 Å². The van der Waals surface area contributed by atoms with Crippen molar-refractivity contribution in [1.82, 2.24) is 4.98 Å². The molecule has 0 amide bonds. The Labute approximate surface area is 40.9 Å². The van der Waals surface area contributed by atoms with Crippen molar-refractivity contribution in [2.45, 2.75) is 0 Å². The highest BCUT2D eigenvalue weighted by molar-refractivity contribution is 6.30. The van der Waals surface area contributed by atoms with Gasteiger partial charge in [0.25, 0.3) is 0 Å². The van der Waals surface area contributed by atoms with E-state index in [9.17, 15) is 0 Å². The summed E-state index contributed by atoms with van der Waals surface area (Å²) in [5.74, 6) is 0. The van der Waals surface area contributed by atoms with Crippen LogP contribution in [0.3, 0.4) is 0 Å². The van der Waals surface area contributed by atoms with Crippen molar-refractivity contribution in [1.29, 1.82) is 0 Å². The highest BCUT2D eigenvalue weighted by atomic mass is 35.5. The fraction of sp³-hybridized carbons (Fsp3) is 0. The topological polar surface area (TPSA) is 15.8 Å². The molecular formula is C4H4ClN. The molecule has 0 bridgehead atoms. The van der Waals surface area contributed by atoms with Crippen molar-refractivity contribution in [3.8, 4) is 0 Å². The summed E-state index contributed by atoms with van der Waals surface area (Å²) >= 11 is 5.42. The van der Waals surface area contributed by atoms with Gasteiger partial charge in [-0.2, -0.15) is 0 Å². The van der Waals surface area contributed by atoms with Gasteiger partial charge in [0.2, 0.25) is 0 Å². The van der Waals surface area contributed by atoms with Gasteiger partial charge in [-0.3, -0.25) is 0 Å². The van der Waals surface area contributed by atoms with Crippen LogP contribution in [-0.2, 0) is 0 Å². The average molecular weight is 102 g/mol. The molecule has 1 nitrogen and oxygen atoms in total. The summed E-state index contributed by atoms with van der Waals surface area (Å²) < 4.78 is 0. The van der Waals surface area contributed by atoms with E-state index in [0.717, 1.165) is 5.02 Å². The van der Waals surface area contributed by atoms with Crippen molar-refractivity contribution >= 4 is 11.6 Å². The molecule has 1 rings (SSSR count). The van der Waals surface area contributed by atoms with E-state index in [2.05, 4.69) is 4.98 Å². The largest absolute Gasteiger partial charge is 0.366 e. The lowest BCUT2D eigenvalue weighted by Crippen LogP contribution is -1.41. The summed E-state index contributed by atoms with van der Waals surface area (Å²) in [6.07, 6.45) is 3.50. The molecule has 2 heteroatoms. The first-order chi connectivity index (χ1) is 2.89. The number of halogens is 1. The molecule has 0 unspecified atom stereocenters. The number of nitrogens with one attached hydrogen (secondary N) is 1. The number of rotatable bonds is 0. The minimum atomic E-state index is 0.759. The van der Waals surface area contributed by atoms with Crippen LogP contribution in [-0.4, -0.2) is 4.98 Å². The van der Waals surface area contributed by atoms with Gasteiger partial charge in [-0.05, 0) is 6.07 Å². The number of H-pyrrole nitrogens is 1. The van der Waals surface area contributed by atoms with Gasteiger partial charge in [0.15, 0.2) is 0 Å². The van der Waals surface area contributed by atoms with E-state index < -0.39 is 0 Å². The third-order valence-corrected chi connectivity index (χ3v) is 0.795. The first-order valence-electron chi connectivity index (χ1n) is 1.68. The van der Waals surface area contributed by atoms with Gasteiger partial charge in [-0.25, -0.2) is 0 Å². The van der Waals surface area contributed by atoms with Crippen molar-refractivity contribution < 1.29 is 0 Å². The Morgan fingerprint density at radius 1 is 1.67 bits per heavy atom. The van der Waals surface area contributed by atoms with Crippen LogP contribution in [0.5, 0.6) is 0 Å². The van der Waals surface area contributed by atoms with E-state index >= 15 is 0 Å². The minimum absolute atomic E-state index is 0.759. The van der Waals surface area contributed by atoms with Crippen LogP contribution in [0, 0.1) is 0 Å². The quantitative estimate of drug-likeness (QED) is 0.512. The van der Waals surface area contributed by atoms with Crippen LogP contribution in [0.25, 0.3) is 0 Å². The van der Waals surface area contributed by atoms with Gasteiger partial charge in [-0.1, -0.05) is 11.6 Å². The second-order valence-electron chi connectivity index (χ2n) is 1.03. The molecule has 0 atom stereocenters. The molecule has 6 heavy (non-hydrogen) atoms. The van der Waals surface area contributed by atoms with E-state index in [4.69, 9.17) is 11.6 Å². The Morgan fingerprint density at radius 3 is 2.67 bits per heavy atom. The van der Waals surface area contributed by atoms with E-state index in [1.165, 1.54) is 0 Å². The maximum absolute atomic E-state index is 5.42. The Balaban J connectivity index is 3.05. The molecule has 1 N–H and O–H groups in total. The molecule has 1 heterocycles. The fourth-order valence-electron chi connectivity index (χ4n) is 0.304. The zero-order valence-corrected chi connectivity index (χ0v) is 3.87. The van der Waals surface area contributed by atoms with Gasteiger partial charge in [-0.15, -0.1) is 0 Å². The molecule has 0 saturated carbocycles. The predicted octanol–water partition coefficient (Wildman–Crippen LogP) is 1.67. The van der Waals surface area contributed by atoms with E-state index in [1.807, 2.05) is 0 Å². The third kappa shape index (κ3) is 0.546. The van der Waals surface area contributed by atoms with Crippen LogP contribution in [0.15, 0.2) is 18.5 Å². The standard InChI is InChI=1S/C4H4ClN/c5-4-1-2-6-3-4/h1-3,6H. The minimum Gasteiger partial charge on any atom is -0.366 e. The van der Waals surface area contributed by atoms with Crippen LogP contribution in [0.4, 0.5) is 0 Å². The molecular weight excluding hydrogens is 97.5 g/mol. The lowest BCUT2D eigenvalue weighted by molar-refractivity contribution is 1.41. The second-order valence-corrected chi connectivity index (χ2v) is 1.47. The van der Waals surface area contributed by atoms with Crippen LogP contribution in [0.1, 0.15) is 0 Å². The van der Waals surface area contributed by atoms with Gasteiger partial charge in [0, 0.05) is 12.4 Å². The van der Waals surface area contributed by atoms with Gasteiger partial charge >= 0.3 is 0 Å². The zero-order valence-electron chi connectivity index (χ0n) is 3.11. The molecule has 0 aliphatic rings. The molecule has 0 saturated heterocycles. The SMILES string of the molecule is Clc1cc[nH]c1. The molecule has 1 aromatic rings. The summed E-state index contributed by atoms with van der Waals surface area (Å²) in [5, 5.41) is 0.759. The summed E-state index contributed by atoms with van der Waals surface area (Å²) in [6.45, 7) is 0. The molecule has 1 aromatic heterocycles. The lowest BCUT2D eigenvalue weighted by atomic mass is 10.7. The van der Waals surface area contributed by atoms with Crippen LogP contribution < -0.4 is 0 Å². The van der Waals surface area contributed by atoms with E-state index in [0.29, 0.717) is 0 Å². The Hall–Kier alpha value is -0.430. The summed E-state index contributed by atoms with van der Waals surface area (Å²) in [4.78, 5) is 2.80. The van der Waals surface area contributed by atoms with Gasteiger partial charge < -0.3 is 4.98 Å². The van der Waals surface area contributed by atoms with Gasteiger partial charge in [0.1, 0.15) is 0 Å². The number of hydrogen-bond donors (Lipinski definition) is 1. The average Bonchev–Trinajstić information content (AvgIpc) is 1.86. The second kappa shape index (κ2) is 1.35. The highest BCUT2D eigenvalue weighted by Gasteiger charge is 1.76. The Morgan fingerprint density at radius 2 is 2.50 bits per heavy atom. The fourth-order valence-corrected chi connectivity index (χ4v) is 0.430. The molecule has 32 valence electrons. The number of hydrogen-bond acceptors (Lipinski definition) is 0. The third-order valence-electron chi connectivity index (χ3n) is 0.560. The smallest absolute Gasteiger partial charge is 0.0580 e. The first kappa shape index (κ1) is 3.75.